The Balaban J connectivity index is 1.42. The number of benzene rings is 1. The molecular weight excluding hydrogens is 338 g/mol. The van der Waals surface area contributed by atoms with Gasteiger partial charge in [-0.15, -0.1) is 0 Å². The molecule has 138 valence electrons. The van der Waals surface area contributed by atoms with Gasteiger partial charge in [-0.25, -0.2) is 4.98 Å². The third-order valence-electron chi connectivity index (χ3n) is 5.44. The van der Waals surface area contributed by atoms with E-state index in [1.54, 1.807) is 6.20 Å². The first-order chi connectivity index (χ1) is 13.3. The number of anilines is 1. The number of carbonyl (C=O) groups excluding carboxylic acids is 1. The molecule has 3 heterocycles. The average molecular weight is 361 g/mol. The van der Waals surface area contributed by atoms with Gasteiger partial charge in [0.05, 0.1) is 11.9 Å². The summed E-state index contributed by atoms with van der Waals surface area (Å²) >= 11 is 0. The van der Waals surface area contributed by atoms with Crippen molar-refractivity contribution in [1.29, 1.82) is 0 Å². The van der Waals surface area contributed by atoms with Crippen molar-refractivity contribution >= 4 is 17.4 Å². The van der Waals surface area contributed by atoms with Crippen LogP contribution in [0.15, 0.2) is 48.7 Å². The number of rotatable bonds is 4. The van der Waals surface area contributed by atoms with E-state index >= 15 is 0 Å². The summed E-state index contributed by atoms with van der Waals surface area (Å²) in [5.41, 5.74) is 2.83. The van der Waals surface area contributed by atoms with Crippen LogP contribution < -0.4 is 5.32 Å². The highest BCUT2D eigenvalue weighted by molar-refractivity contribution is 5.81. The molecule has 1 saturated heterocycles. The van der Waals surface area contributed by atoms with Crippen molar-refractivity contribution in [3.63, 3.8) is 0 Å². The number of likely N-dealkylation sites (tertiary alicyclic amines) is 1. The molecule has 0 unspecified atom stereocenters. The normalized spacial score (nSPS) is 20.0. The summed E-state index contributed by atoms with van der Waals surface area (Å²) in [5, 5.41) is 8.05. The Morgan fingerprint density at radius 2 is 1.96 bits per heavy atom. The number of hydrogen-bond acceptors (Lipinski definition) is 4. The Morgan fingerprint density at radius 1 is 1.11 bits per heavy atom. The second kappa shape index (κ2) is 6.68. The highest BCUT2D eigenvalue weighted by Gasteiger charge is 2.35. The number of amides is 1. The molecular formula is C21H23N5O. The van der Waals surface area contributed by atoms with Gasteiger partial charge in [-0.05, 0) is 25.7 Å². The molecule has 1 saturated carbocycles. The molecule has 27 heavy (non-hydrogen) atoms. The van der Waals surface area contributed by atoms with Gasteiger partial charge in [0.15, 0.2) is 5.65 Å². The van der Waals surface area contributed by atoms with E-state index in [0.29, 0.717) is 5.91 Å². The van der Waals surface area contributed by atoms with Crippen molar-refractivity contribution in [3.05, 3.63) is 48.7 Å². The lowest BCUT2D eigenvalue weighted by atomic mass is 10.0. The molecule has 1 N–H and O–H groups in total. The average Bonchev–Trinajstić information content (AvgIpc) is 3.45. The molecule has 1 aromatic carbocycles. The summed E-state index contributed by atoms with van der Waals surface area (Å²) in [6.45, 7) is 1.65. The zero-order valence-corrected chi connectivity index (χ0v) is 15.2. The van der Waals surface area contributed by atoms with Crippen LogP contribution >= 0.6 is 0 Å². The quantitative estimate of drug-likeness (QED) is 0.775. The highest BCUT2D eigenvalue weighted by atomic mass is 16.2. The largest absolute Gasteiger partial charge is 0.365 e. The Bertz CT molecular complexity index is 963. The van der Waals surface area contributed by atoms with Crippen molar-refractivity contribution < 1.29 is 4.79 Å². The lowest BCUT2D eigenvalue weighted by Gasteiger charge is -2.34. The van der Waals surface area contributed by atoms with E-state index in [1.807, 2.05) is 33.7 Å². The predicted molar refractivity (Wildman–Crippen MR) is 104 cm³/mol. The summed E-state index contributed by atoms with van der Waals surface area (Å²) in [5.74, 6) is 1.55. The number of carbonyl (C=O) groups is 1. The Hall–Kier alpha value is -2.89. The van der Waals surface area contributed by atoms with Crippen LogP contribution in [0.1, 0.15) is 25.7 Å². The maximum absolute atomic E-state index is 12.4. The van der Waals surface area contributed by atoms with Crippen LogP contribution in [-0.2, 0) is 4.79 Å². The smallest absolute Gasteiger partial charge is 0.225 e. The van der Waals surface area contributed by atoms with E-state index in [9.17, 15) is 4.79 Å². The summed E-state index contributed by atoms with van der Waals surface area (Å²) in [6.07, 6.45) is 5.99. The molecule has 1 amide bonds. The van der Waals surface area contributed by atoms with Gasteiger partial charge in [0.1, 0.15) is 5.82 Å². The third kappa shape index (κ3) is 3.27. The van der Waals surface area contributed by atoms with Crippen molar-refractivity contribution in [3.8, 4) is 11.3 Å². The number of nitrogens with zero attached hydrogens (tertiary/aromatic N) is 4. The highest BCUT2D eigenvalue weighted by Crippen LogP contribution is 2.32. The minimum atomic E-state index is 0.236. The van der Waals surface area contributed by atoms with Crippen LogP contribution in [0.25, 0.3) is 16.9 Å². The minimum absolute atomic E-state index is 0.236. The first-order valence-corrected chi connectivity index (χ1v) is 9.73. The second-order valence-electron chi connectivity index (χ2n) is 7.54. The van der Waals surface area contributed by atoms with Crippen LogP contribution in [-0.4, -0.2) is 44.5 Å². The molecule has 1 aliphatic carbocycles. The molecule has 3 aromatic rings. The summed E-state index contributed by atoms with van der Waals surface area (Å²) in [4.78, 5) is 19.2. The molecule has 5 rings (SSSR count). The SMILES string of the molecule is O=C(C1CC1)N1CCC[C@@H](Nc2cc(-c3ccccc3)nc3ccnn23)C1. The molecule has 0 bridgehead atoms. The molecule has 6 heteroatoms. The van der Waals surface area contributed by atoms with Crippen LogP contribution in [0.4, 0.5) is 5.82 Å². The molecule has 2 aliphatic rings. The van der Waals surface area contributed by atoms with Crippen molar-refractivity contribution in [2.75, 3.05) is 18.4 Å². The van der Waals surface area contributed by atoms with Gasteiger partial charge < -0.3 is 10.2 Å². The summed E-state index contributed by atoms with van der Waals surface area (Å²) in [6, 6.07) is 14.4. The third-order valence-corrected chi connectivity index (χ3v) is 5.44. The number of hydrogen-bond donors (Lipinski definition) is 1. The van der Waals surface area contributed by atoms with Gasteiger partial charge in [0, 0.05) is 42.7 Å². The Kier molecular flexibility index (Phi) is 4.03. The summed E-state index contributed by atoms with van der Waals surface area (Å²) in [7, 11) is 0. The fraction of sp³-hybridized carbons (Fsp3) is 0.381. The fourth-order valence-corrected chi connectivity index (χ4v) is 3.87. The lowest BCUT2D eigenvalue weighted by molar-refractivity contribution is -0.133. The van der Waals surface area contributed by atoms with Crippen LogP contribution in [0.2, 0.25) is 0 Å². The van der Waals surface area contributed by atoms with Gasteiger partial charge in [-0.3, -0.25) is 4.79 Å². The molecule has 2 fully saturated rings. The van der Waals surface area contributed by atoms with Crippen LogP contribution in [0.5, 0.6) is 0 Å². The molecule has 0 radical (unpaired) electrons. The van der Waals surface area contributed by atoms with Gasteiger partial charge in [-0.1, -0.05) is 30.3 Å². The number of fused-ring (bicyclic) bond motifs is 1. The zero-order valence-electron chi connectivity index (χ0n) is 15.2. The fourth-order valence-electron chi connectivity index (χ4n) is 3.87. The Labute approximate surface area is 158 Å². The maximum atomic E-state index is 12.4. The maximum Gasteiger partial charge on any atom is 0.225 e. The summed E-state index contributed by atoms with van der Waals surface area (Å²) < 4.78 is 1.84. The van der Waals surface area contributed by atoms with Gasteiger partial charge in [0.2, 0.25) is 5.91 Å². The zero-order chi connectivity index (χ0) is 18.2. The van der Waals surface area contributed by atoms with Gasteiger partial charge in [0.25, 0.3) is 0 Å². The minimum Gasteiger partial charge on any atom is -0.365 e. The standard InChI is InChI=1S/C21H23N5O/c27-21(16-8-9-16)25-12-4-7-17(14-25)23-20-13-18(15-5-2-1-3-6-15)24-19-10-11-22-26(19)20/h1-3,5-6,10-11,13,16-17,23H,4,7-9,12,14H2/t17-/m1/s1. The van der Waals surface area contributed by atoms with E-state index in [-0.39, 0.29) is 12.0 Å². The van der Waals surface area contributed by atoms with Gasteiger partial charge in [-0.2, -0.15) is 9.61 Å². The topological polar surface area (TPSA) is 62.5 Å². The number of aromatic nitrogens is 3. The Morgan fingerprint density at radius 3 is 2.78 bits per heavy atom. The second-order valence-corrected chi connectivity index (χ2v) is 7.54. The van der Waals surface area contributed by atoms with E-state index in [4.69, 9.17) is 4.98 Å². The molecule has 2 aromatic heterocycles. The van der Waals surface area contributed by atoms with E-state index in [2.05, 4.69) is 28.6 Å². The van der Waals surface area contributed by atoms with Crippen molar-refractivity contribution in [2.45, 2.75) is 31.7 Å². The molecule has 6 nitrogen and oxygen atoms in total. The molecule has 1 atom stereocenters. The molecule has 1 aliphatic heterocycles. The first-order valence-electron chi connectivity index (χ1n) is 9.73. The first kappa shape index (κ1) is 16.3. The number of nitrogens with one attached hydrogen (secondary N) is 1. The van der Waals surface area contributed by atoms with Gasteiger partial charge >= 0.3 is 0 Å². The number of piperidine rings is 1. The monoisotopic (exact) mass is 361 g/mol. The lowest BCUT2D eigenvalue weighted by Crippen LogP contribution is -2.45. The van der Waals surface area contributed by atoms with Crippen LogP contribution in [0.3, 0.4) is 0 Å². The molecule has 0 spiro atoms. The van der Waals surface area contributed by atoms with E-state index in [0.717, 1.165) is 61.5 Å². The van der Waals surface area contributed by atoms with E-state index in [1.165, 1.54) is 0 Å². The van der Waals surface area contributed by atoms with Crippen molar-refractivity contribution in [2.24, 2.45) is 5.92 Å². The van der Waals surface area contributed by atoms with E-state index < -0.39 is 0 Å². The predicted octanol–water partition coefficient (Wildman–Crippen LogP) is 3.21. The van der Waals surface area contributed by atoms with Crippen molar-refractivity contribution in [1.82, 2.24) is 19.5 Å². The van der Waals surface area contributed by atoms with Crippen LogP contribution in [0, 0.1) is 5.92 Å².